The van der Waals surface area contributed by atoms with E-state index in [0.29, 0.717) is 19.7 Å². The Bertz CT molecular complexity index is 680. The minimum atomic E-state index is -0.318. The Morgan fingerprint density at radius 2 is 2.33 bits per heavy atom. The Labute approximate surface area is 141 Å². The lowest BCUT2D eigenvalue weighted by atomic mass is 10.1. The maximum Gasteiger partial charge on any atom is 0.246 e. The molecule has 0 aliphatic carbocycles. The quantitative estimate of drug-likeness (QED) is 0.744. The molecule has 3 rings (SSSR count). The fraction of sp³-hybridized carbons (Fsp3) is 0.562. The van der Waals surface area contributed by atoms with E-state index < -0.39 is 0 Å². The van der Waals surface area contributed by atoms with E-state index in [4.69, 9.17) is 4.74 Å². The van der Waals surface area contributed by atoms with Crippen LogP contribution < -0.4 is 5.32 Å². The van der Waals surface area contributed by atoms with Crippen molar-refractivity contribution >= 4 is 5.91 Å². The number of methoxy groups -OCH3 is 1. The van der Waals surface area contributed by atoms with Crippen molar-refractivity contribution in [1.82, 2.24) is 29.8 Å². The van der Waals surface area contributed by atoms with E-state index in [1.54, 1.807) is 13.3 Å². The van der Waals surface area contributed by atoms with Crippen LogP contribution in [-0.2, 0) is 29.2 Å². The van der Waals surface area contributed by atoms with Gasteiger partial charge in [-0.3, -0.25) is 19.1 Å². The molecular weight excluding hydrogens is 308 g/mol. The molecule has 2 aromatic heterocycles. The number of aryl methyl sites for hydroxylation is 1. The maximum atomic E-state index is 12.5. The zero-order chi connectivity index (χ0) is 16.9. The van der Waals surface area contributed by atoms with Gasteiger partial charge in [-0.1, -0.05) is 0 Å². The van der Waals surface area contributed by atoms with Gasteiger partial charge in [0, 0.05) is 57.8 Å². The molecule has 2 aromatic rings. The number of hydrogen-bond donors (Lipinski definition) is 1. The van der Waals surface area contributed by atoms with E-state index in [1.165, 1.54) is 0 Å². The number of ether oxygens (including phenoxy) is 1. The second kappa shape index (κ2) is 7.59. The lowest BCUT2D eigenvalue weighted by molar-refractivity contribution is -0.126. The normalized spacial score (nSPS) is 17.7. The molecule has 0 unspecified atom stereocenters. The molecule has 1 atom stereocenters. The summed E-state index contributed by atoms with van der Waals surface area (Å²) in [7, 11) is 1.62. The summed E-state index contributed by atoms with van der Waals surface area (Å²) in [5.74, 6) is -0.0223. The topological polar surface area (TPSA) is 77.2 Å². The van der Waals surface area contributed by atoms with Crippen molar-refractivity contribution in [2.75, 3.05) is 26.8 Å². The van der Waals surface area contributed by atoms with Crippen molar-refractivity contribution in [3.8, 4) is 0 Å². The van der Waals surface area contributed by atoms with Crippen molar-refractivity contribution in [3.63, 3.8) is 0 Å². The monoisotopic (exact) mass is 332 g/mol. The molecule has 0 saturated carbocycles. The first kappa shape index (κ1) is 16.7. The van der Waals surface area contributed by atoms with E-state index in [9.17, 15) is 4.79 Å². The zero-order valence-electron chi connectivity index (χ0n) is 14.2. The molecule has 0 saturated heterocycles. The maximum absolute atomic E-state index is 12.5. The molecule has 0 bridgehead atoms. The largest absolute Gasteiger partial charge is 0.383 e. The summed E-state index contributed by atoms with van der Waals surface area (Å²) < 4.78 is 8.73. The van der Waals surface area contributed by atoms with Crippen LogP contribution in [0.25, 0.3) is 0 Å². The molecule has 1 amide bonds. The third-order valence-electron chi connectivity index (χ3n) is 4.19. The van der Waals surface area contributed by atoms with Gasteiger partial charge in [-0.25, -0.2) is 0 Å². The van der Waals surface area contributed by atoms with Crippen LogP contribution in [0.15, 0.2) is 24.7 Å². The molecule has 8 nitrogen and oxygen atoms in total. The van der Waals surface area contributed by atoms with Crippen LogP contribution >= 0.6 is 0 Å². The third-order valence-corrected chi connectivity index (χ3v) is 4.19. The van der Waals surface area contributed by atoms with Gasteiger partial charge in [0.2, 0.25) is 5.91 Å². The first-order chi connectivity index (χ1) is 11.7. The molecule has 3 heterocycles. The molecule has 0 spiro atoms. The number of nitrogens with one attached hydrogen (secondary N) is 1. The van der Waals surface area contributed by atoms with E-state index in [0.717, 1.165) is 30.9 Å². The smallest absolute Gasteiger partial charge is 0.246 e. The Hall–Kier alpha value is -2.19. The van der Waals surface area contributed by atoms with E-state index >= 15 is 0 Å². The predicted octanol–water partition coefficient (Wildman–Crippen LogP) is 0.419. The van der Waals surface area contributed by atoms with Crippen LogP contribution in [0.5, 0.6) is 0 Å². The van der Waals surface area contributed by atoms with Crippen molar-refractivity contribution in [1.29, 1.82) is 0 Å². The van der Waals surface area contributed by atoms with Crippen LogP contribution in [-0.4, -0.2) is 57.2 Å². The molecule has 130 valence electrons. The highest BCUT2D eigenvalue weighted by atomic mass is 16.5. The van der Waals surface area contributed by atoms with Gasteiger partial charge in [-0.05, 0) is 13.0 Å². The van der Waals surface area contributed by atoms with Crippen LogP contribution in [0.3, 0.4) is 0 Å². The zero-order valence-corrected chi connectivity index (χ0v) is 14.2. The fourth-order valence-corrected chi connectivity index (χ4v) is 2.99. The Balaban J connectivity index is 1.69. The average molecular weight is 332 g/mol. The number of rotatable bonds is 7. The minimum Gasteiger partial charge on any atom is -0.383 e. The van der Waals surface area contributed by atoms with Crippen molar-refractivity contribution in [3.05, 3.63) is 35.9 Å². The lowest BCUT2D eigenvalue weighted by Gasteiger charge is -2.32. The van der Waals surface area contributed by atoms with Gasteiger partial charge in [0.05, 0.1) is 18.5 Å². The summed E-state index contributed by atoms with van der Waals surface area (Å²) in [6.45, 7) is 6.11. The number of fused-ring (bicyclic) bond motifs is 1. The average Bonchev–Trinajstić information content (AvgIpc) is 3.23. The van der Waals surface area contributed by atoms with Gasteiger partial charge in [-0.2, -0.15) is 10.2 Å². The Kier molecular flexibility index (Phi) is 5.27. The van der Waals surface area contributed by atoms with Crippen LogP contribution in [0, 0.1) is 0 Å². The molecule has 0 aromatic carbocycles. The molecule has 0 radical (unpaired) electrons. The molecular formula is C16H24N6O2. The number of amides is 1. The fourth-order valence-electron chi connectivity index (χ4n) is 2.99. The highest BCUT2D eigenvalue weighted by Crippen LogP contribution is 2.22. The van der Waals surface area contributed by atoms with Crippen LogP contribution in [0.2, 0.25) is 0 Å². The summed E-state index contributed by atoms with van der Waals surface area (Å²) in [6.07, 6.45) is 5.70. The number of nitrogens with zero attached hydrogens (tertiary/aromatic N) is 5. The molecule has 24 heavy (non-hydrogen) atoms. The van der Waals surface area contributed by atoms with Crippen LogP contribution in [0.4, 0.5) is 0 Å². The molecule has 8 heteroatoms. The highest BCUT2D eigenvalue weighted by molar-refractivity contribution is 5.80. The standard InChI is InChI=1S/C16H24N6O2/c1-3-21-10-13(8-19-21)9-20-11-14-4-5-18-22(14)15(12-20)16(23)17-6-7-24-2/h4-5,8,10,15H,3,6-7,9,11-12H2,1-2H3,(H,17,23)/t15-/m1/s1. The Morgan fingerprint density at radius 3 is 3.08 bits per heavy atom. The number of carbonyl (C=O) groups is 1. The van der Waals surface area contributed by atoms with Crippen molar-refractivity contribution < 1.29 is 9.53 Å². The molecule has 1 aliphatic rings. The van der Waals surface area contributed by atoms with Gasteiger partial charge in [0.15, 0.2) is 0 Å². The van der Waals surface area contributed by atoms with E-state index in [1.807, 2.05) is 21.6 Å². The predicted molar refractivity (Wildman–Crippen MR) is 88.2 cm³/mol. The lowest BCUT2D eigenvalue weighted by Crippen LogP contribution is -2.45. The van der Waals surface area contributed by atoms with Gasteiger partial charge < -0.3 is 10.1 Å². The molecule has 1 aliphatic heterocycles. The van der Waals surface area contributed by atoms with Gasteiger partial charge in [0.1, 0.15) is 6.04 Å². The first-order valence-electron chi connectivity index (χ1n) is 8.24. The summed E-state index contributed by atoms with van der Waals surface area (Å²) in [5.41, 5.74) is 2.21. The summed E-state index contributed by atoms with van der Waals surface area (Å²) in [5, 5.41) is 11.6. The summed E-state index contributed by atoms with van der Waals surface area (Å²) in [4.78, 5) is 14.8. The van der Waals surface area contributed by atoms with E-state index in [-0.39, 0.29) is 11.9 Å². The third kappa shape index (κ3) is 3.65. The second-order valence-electron chi connectivity index (χ2n) is 5.94. The van der Waals surface area contributed by atoms with Crippen molar-refractivity contribution in [2.45, 2.75) is 32.6 Å². The van der Waals surface area contributed by atoms with E-state index in [2.05, 4.69) is 33.5 Å². The number of carbonyl (C=O) groups excluding carboxylic acids is 1. The summed E-state index contributed by atoms with van der Waals surface area (Å²) in [6, 6.07) is 1.65. The Morgan fingerprint density at radius 1 is 1.46 bits per heavy atom. The van der Waals surface area contributed by atoms with Crippen molar-refractivity contribution in [2.24, 2.45) is 0 Å². The van der Waals surface area contributed by atoms with Gasteiger partial charge >= 0.3 is 0 Å². The molecule has 1 N–H and O–H groups in total. The number of hydrogen-bond acceptors (Lipinski definition) is 5. The van der Waals surface area contributed by atoms with Gasteiger partial charge in [0.25, 0.3) is 0 Å². The second-order valence-corrected chi connectivity index (χ2v) is 5.94. The van der Waals surface area contributed by atoms with Gasteiger partial charge in [-0.15, -0.1) is 0 Å². The minimum absolute atomic E-state index is 0.0223. The first-order valence-corrected chi connectivity index (χ1v) is 8.24. The number of aromatic nitrogens is 4. The SMILES string of the molecule is CCn1cc(CN2Cc3ccnn3[C@@H](C(=O)NCCOC)C2)cn1. The highest BCUT2D eigenvalue weighted by Gasteiger charge is 2.30. The molecule has 0 fully saturated rings. The summed E-state index contributed by atoms with van der Waals surface area (Å²) >= 11 is 0. The van der Waals surface area contributed by atoms with Crippen LogP contribution in [0.1, 0.15) is 24.2 Å².